The van der Waals surface area contributed by atoms with Gasteiger partial charge in [-0.15, -0.1) is 23.1 Å². The van der Waals surface area contributed by atoms with Crippen LogP contribution in [0.3, 0.4) is 0 Å². The van der Waals surface area contributed by atoms with Gasteiger partial charge in [0.1, 0.15) is 17.1 Å². The number of thiophene rings is 1. The number of esters is 1. The average molecular weight is 373 g/mol. The van der Waals surface area contributed by atoms with E-state index in [-0.39, 0.29) is 34.3 Å². The van der Waals surface area contributed by atoms with E-state index in [0.29, 0.717) is 5.75 Å². The van der Waals surface area contributed by atoms with Gasteiger partial charge in [0, 0.05) is 10.6 Å². The van der Waals surface area contributed by atoms with Crippen molar-refractivity contribution in [1.82, 2.24) is 10.2 Å². The summed E-state index contributed by atoms with van der Waals surface area (Å²) in [6.45, 7) is 0. The number of nitrogens with zero attached hydrogens (tertiary/aromatic N) is 1. The first-order chi connectivity index (χ1) is 11.0. The molecule has 0 aromatic carbocycles. The molecule has 0 saturated carbocycles. The zero-order valence-corrected chi connectivity index (χ0v) is 14.5. The van der Waals surface area contributed by atoms with Gasteiger partial charge in [-0.3, -0.25) is 14.5 Å². The molecule has 1 N–H and O–H groups in total. The fourth-order valence-corrected chi connectivity index (χ4v) is 4.71. The fourth-order valence-electron chi connectivity index (χ4n) is 2.46. The number of carbonyl (C=O) groups excluding carboxylic acids is 3. The van der Waals surface area contributed by atoms with E-state index in [2.05, 4.69) is 10.1 Å². The van der Waals surface area contributed by atoms with Gasteiger partial charge < -0.3 is 10.1 Å². The molecule has 1 fully saturated rings. The van der Waals surface area contributed by atoms with Gasteiger partial charge in [-0.05, 0) is 11.4 Å². The summed E-state index contributed by atoms with van der Waals surface area (Å²) in [6.07, 6.45) is 0.235. The fraction of sp³-hybridized carbons (Fsp3) is 0.357. The maximum Gasteiger partial charge on any atom is 0.356 e. The highest BCUT2D eigenvalue weighted by molar-refractivity contribution is 8.00. The summed E-state index contributed by atoms with van der Waals surface area (Å²) in [5.41, 5.74) is 0.0756. The lowest BCUT2D eigenvalue weighted by molar-refractivity contribution is -0.151. The van der Waals surface area contributed by atoms with Crippen LogP contribution in [0, 0.1) is 0 Å². The third-order valence-corrected chi connectivity index (χ3v) is 6.16. The zero-order valence-electron chi connectivity index (χ0n) is 12.1. The van der Waals surface area contributed by atoms with Gasteiger partial charge in [0.25, 0.3) is 5.91 Å². The molecule has 23 heavy (non-hydrogen) atoms. The number of nitrogens with one attached hydrogen (secondary N) is 1. The van der Waals surface area contributed by atoms with Crippen LogP contribution in [0.25, 0.3) is 0 Å². The summed E-state index contributed by atoms with van der Waals surface area (Å²) in [4.78, 5) is 38.4. The van der Waals surface area contributed by atoms with Gasteiger partial charge in [-0.1, -0.05) is 17.7 Å². The number of rotatable bonds is 4. The van der Waals surface area contributed by atoms with Gasteiger partial charge >= 0.3 is 5.97 Å². The number of thioether (sulfide) groups is 1. The van der Waals surface area contributed by atoms with E-state index < -0.39 is 12.0 Å². The molecule has 1 saturated heterocycles. The molecule has 2 aliphatic rings. The Kier molecular flexibility index (Phi) is 4.65. The molecule has 122 valence electrons. The van der Waals surface area contributed by atoms with Gasteiger partial charge in [-0.25, -0.2) is 4.79 Å². The minimum Gasteiger partial charge on any atom is -0.464 e. The van der Waals surface area contributed by atoms with Crippen molar-refractivity contribution < 1.29 is 19.1 Å². The number of ether oxygens (including phenoxy) is 1. The number of hydrogen-bond donors (Lipinski definition) is 1. The van der Waals surface area contributed by atoms with Crippen LogP contribution in [0.15, 0.2) is 28.2 Å². The van der Waals surface area contributed by atoms with Crippen molar-refractivity contribution >= 4 is 52.5 Å². The second kappa shape index (κ2) is 6.54. The van der Waals surface area contributed by atoms with Crippen molar-refractivity contribution in [3.8, 4) is 0 Å². The first kappa shape index (κ1) is 16.4. The van der Waals surface area contributed by atoms with E-state index in [0.717, 1.165) is 4.88 Å². The molecule has 3 rings (SSSR count). The molecule has 2 aliphatic heterocycles. The first-order valence-corrected chi connectivity index (χ1v) is 9.07. The van der Waals surface area contributed by atoms with Crippen molar-refractivity contribution in [2.24, 2.45) is 0 Å². The molecule has 0 bridgehead atoms. The summed E-state index contributed by atoms with van der Waals surface area (Å²) < 4.78 is 4.68. The minimum atomic E-state index is -0.642. The number of halogens is 1. The summed E-state index contributed by atoms with van der Waals surface area (Å²) in [7, 11) is 1.24. The van der Waals surface area contributed by atoms with Gasteiger partial charge in [-0.2, -0.15) is 0 Å². The monoisotopic (exact) mass is 372 g/mol. The Bertz CT molecular complexity index is 689. The number of hydrogen-bond acceptors (Lipinski definition) is 6. The summed E-state index contributed by atoms with van der Waals surface area (Å²) in [6, 6.07) is 3.10. The van der Waals surface area contributed by atoms with E-state index in [1.165, 1.54) is 35.1 Å². The molecule has 2 amide bonds. The smallest absolute Gasteiger partial charge is 0.356 e. The minimum absolute atomic E-state index is 0.0756. The van der Waals surface area contributed by atoms with Crippen molar-refractivity contribution in [3.05, 3.63) is 33.1 Å². The standard InChI is InChI=1S/C14H13ClN2O4S2/c1-21-14(20)11-8(15)6-23-13-10(12(19)17(11)13)16-9(18)5-7-3-2-4-22-7/h2-4,10,13H,5-6H2,1H3,(H,16,18)/t10-,13-/m1/s1. The third-order valence-electron chi connectivity index (χ3n) is 3.53. The topological polar surface area (TPSA) is 75.7 Å². The van der Waals surface area contributed by atoms with Crippen LogP contribution in [-0.2, 0) is 25.5 Å². The van der Waals surface area contributed by atoms with Crippen molar-refractivity contribution in [3.63, 3.8) is 0 Å². The van der Waals surface area contributed by atoms with E-state index >= 15 is 0 Å². The number of carbonyl (C=O) groups is 3. The largest absolute Gasteiger partial charge is 0.464 e. The maximum absolute atomic E-state index is 12.3. The van der Waals surface area contributed by atoms with Crippen LogP contribution in [0.1, 0.15) is 4.88 Å². The Labute approximate surface area is 145 Å². The van der Waals surface area contributed by atoms with Crippen LogP contribution < -0.4 is 5.32 Å². The van der Waals surface area contributed by atoms with E-state index in [4.69, 9.17) is 11.6 Å². The number of amides is 2. The van der Waals surface area contributed by atoms with E-state index in [9.17, 15) is 14.4 Å². The lowest BCUT2D eigenvalue weighted by Crippen LogP contribution is -2.70. The molecule has 1 aromatic rings. The molecular formula is C14H13ClN2O4S2. The number of fused-ring (bicyclic) bond motifs is 1. The highest BCUT2D eigenvalue weighted by atomic mass is 35.5. The van der Waals surface area contributed by atoms with Crippen LogP contribution in [0.2, 0.25) is 0 Å². The number of methoxy groups -OCH3 is 1. The van der Waals surface area contributed by atoms with Gasteiger partial charge in [0.2, 0.25) is 5.91 Å². The Morgan fingerprint density at radius 2 is 2.30 bits per heavy atom. The highest BCUT2D eigenvalue weighted by Gasteiger charge is 2.54. The maximum atomic E-state index is 12.3. The van der Waals surface area contributed by atoms with Crippen LogP contribution >= 0.6 is 34.7 Å². The Morgan fingerprint density at radius 1 is 1.52 bits per heavy atom. The Morgan fingerprint density at radius 3 is 2.96 bits per heavy atom. The molecule has 0 unspecified atom stereocenters. The van der Waals surface area contributed by atoms with Gasteiger partial charge in [0.15, 0.2) is 0 Å². The van der Waals surface area contributed by atoms with Crippen molar-refractivity contribution in [1.29, 1.82) is 0 Å². The SMILES string of the molecule is COC(=O)C1=C(Cl)CS[C@@H]2[C@H](NC(=O)Cc3cccs3)C(=O)N12. The lowest BCUT2D eigenvalue weighted by Gasteiger charge is -2.49. The summed E-state index contributed by atoms with van der Waals surface area (Å²) in [5, 5.41) is 4.59. The van der Waals surface area contributed by atoms with Gasteiger partial charge in [0.05, 0.1) is 18.6 Å². The molecule has 3 heterocycles. The number of β-lactam (4-membered cyclic amide) rings is 1. The zero-order chi connectivity index (χ0) is 16.6. The second-order valence-electron chi connectivity index (χ2n) is 4.96. The first-order valence-electron chi connectivity index (χ1n) is 6.76. The molecule has 0 spiro atoms. The summed E-state index contributed by atoms with van der Waals surface area (Å²) >= 11 is 8.94. The molecule has 6 nitrogen and oxygen atoms in total. The molecular weight excluding hydrogens is 360 g/mol. The van der Waals surface area contributed by atoms with Crippen molar-refractivity contribution in [2.75, 3.05) is 12.9 Å². The molecule has 9 heteroatoms. The average Bonchev–Trinajstić information content (AvgIpc) is 3.04. The van der Waals surface area contributed by atoms with Crippen molar-refractivity contribution in [2.45, 2.75) is 17.8 Å². The normalized spacial score (nSPS) is 23.2. The lowest BCUT2D eigenvalue weighted by atomic mass is 10.0. The Balaban J connectivity index is 1.68. The quantitative estimate of drug-likeness (QED) is 0.637. The van der Waals surface area contributed by atoms with Crippen LogP contribution in [-0.4, -0.2) is 47.0 Å². The van der Waals surface area contributed by atoms with Crippen LogP contribution in [0.5, 0.6) is 0 Å². The highest BCUT2D eigenvalue weighted by Crippen LogP contribution is 2.41. The molecule has 0 radical (unpaired) electrons. The third kappa shape index (κ3) is 2.98. The summed E-state index contributed by atoms with van der Waals surface area (Å²) in [5.74, 6) is -0.804. The molecule has 2 atom stereocenters. The predicted molar refractivity (Wildman–Crippen MR) is 87.9 cm³/mol. The molecule has 0 aliphatic carbocycles. The second-order valence-corrected chi connectivity index (χ2v) is 7.55. The van der Waals surface area contributed by atoms with E-state index in [1.807, 2.05) is 17.5 Å². The molecule has 1 aromatic heterocycles. The van der Waals surface area contributed by atoms with E-state index in [1.54, 1.807) is 0 Å². The van der Waals surface area contributed by atoms with Crippen LogP contribution in [0.4, 0.5) is 0 Å². The predicted octanol–water partition coefficient (Wildman–Crippen LogP) is 1.31. The Hall–Kier alpha value is -1.51.